The highest BCUT2D eigenvalue weighted by molar-refractivity contribution is 5.87. The normalized spacial score (nSPS) is 17.8. The van der Waals surface area contributed by atoms with Crippen molar-refractivity contribution in [2.24, 2.45) is 0 Å². The Morgan fingerprint density at radius 2 is 1.69 bits per heavy atom. The summed E-state index contributed by atoms with van der Waals surface area (Å²) in [6.07, 6.45) is 9.10. The summed E-state index contributed by atoms with van der Waals surface area (Å²) in [6, 6.07) is 15.8. The maximum Gasteiger partial charge on any atom is 0.416 e. The first kappa shape index (κ1) is 29.7. The quantitative estimate of drug-likeness (QED) is 0.259. The first-order valence-corrected chi connectivity index (χ1v) is 14.8. The molecule has 2 N–H and O–H groups in total. The number of hydrogen-bond donors (Lipinski definition) is 2. The second kappa shape index (κ2) is 14.0. The van der Waals surface area contributed by atoms with Gasteiger partial charge in [0.1, 0.15) is 29.9 Å². The van der Waals surface area contributed by atoms with Gasteiger partial charge in [-0.1, -0.05) is 30.3 Å². The van der Waals surface area contributed by atoms with E-state index in [-0.39, 0.29) is 30.7 Å². The van der Waals surface area contributed by atoms with Gasteiger partial charge in [0.2, 0.25) is 5.95 Å². The number of amides is 1. The predicted molar refractivity (Wildman–Crippen MR) is 166 cm³/mol. The zero-order chi connectivity index (χ0) is 31.0. The van der Waals surface area contributed by atoms with E-state index in [2.05, 4.69) is 41.6 Å². The van der Waals surface area contributed by atoms with Crippen molar-refractivity contribution in [2.75, 3.05) is 35.9 Å². The Balaban J connectivity index is 1.15. The standard InChI is InChI=1S/C32H33N9O4/c1-43-31-36-16-24(17-37-31)22-7-12-28(34-14-22)41(32(42)45-18-21-5-3-2-4-6-21)27-10-8-25(9-11-27)39-30-35-15-23(13-33)29(40-30)38-26-19-44-20-26/h2-7,12,14-17,25-27H,8-11,18-20H2,1H3,(H2,35,38,39,40). The molecular weight excluding hydrogens is 574 g/mol. The molecule has 1 amide bonds. The maximum absolute atomic E-state index is 13.6. The number of rotatable bonds is 10. The minimum Gasteiger partial charge on any atom is -0.467 e. The van der Waals surface area contributed by atoms with E-state index >= 15 is 0 Å². The van der Waals surface area contributed by atoms with Crippen LogP contribution in [0.15, 0.2) is 67.3 Å². The summed E-state index contributed by atoms with van der Waals surface area (Å²) in [7, 11) is 1.52. The summed E-state index contributed by atoms with van der Waals surface area (Å²) in [4.78, 5) is 37.2. The Morgan fingerprint density at radius 1 is 0.933 bits per heavy atom. The van der Waals surface area contributed by atoms with Gasteiger partial charge in [0.15, 0.2) is 0 Å². The minimum atomic E-state index is -0.450. The van der Waals surface area contributed by atoms with Gasteiger partial charge in [0.05, 0.1) is 32.6 Å². The number of methoxy groups -OCH3 is 1. The van der Waals surface area contributed by atoms with Crippen LogP contribution in [0.4, 0.5) is 22.4 Å². The Kier molecular flexibility index (Phi) is 9.22. The number of benzene rings is 1. The summed E-state index contributed by atoms with van der Waals surface area (Å²) >= 11 is 0. The number of aromatic nitrogens is 5. The number of carbonyl (C=O) groups is 1. The fourth-order valence-corrected chi connectivity index (χ4v) is 5.31. The smallest absolute Gasteiger partial charge is 0.416 e. The van der Waals surface area contributed by atoms with Crippen molar-refractivity contribution in [3.8, 4) is 23.2 Å². The maximum atomic E-state index is 13.6. The van der Waals surface area contributed by atoms with Crippen molar-refractivity contribution in [1.82, 2.24) is 24.9 Å². The van der Waals surface area contributed by atoms with Gasteiger partial charge in [-0.05, 0) is 43.4 Å². The molecule has 1 aromatic carbocycles. The third kappa shape index (κ3) is 7.25. The molecule has 1 aliphatic heterocycles. The monoisotopic (exact) mass is 607 g/mol. The van der Waals surface area contributed by atoms with Crippen LogP contribution in [-0.2, 0) is 16.1 Å². The van der Waals surface area contributed by atoms with Crippen LogP contribution in [0.3, 0.4) is 0 Å². The van der Waals surface area contributed by atoms with E-state index in [9.17, 15) is 10.1 Å². The number of nitrogens with one attached hydrogen (secondary N) is 2. The first-order chi connectivity index (χ1) is 22.1. The highest BCUT2D eigenvalue weighted by atomic mass is 16.6. The van der Waals surface area contributed by atoms with Gasteiger partial charge in [-0.15, -0.1) is 0 Å². The first-order valence-electron chi connectivity index (χ1n) is 14.8. The second-order valence-corrected chi connectivity index (χ2v) is 10.9. The van der Waals surface area contributed by atoms with Crippen LogP contribution in [0.25, 0.3) is 11.1 Å². The van der Waals surface area contributed by atoms with E-state index in [1.165, 1.54) is 13.3 Å². The second-order valence-electron chi connectivity index (χ2n) is 10.9. The van der Waals surface area contributed by atoms with Gasteiger partial charge in [-0.25, -0.2) is 24.7 Å². The molecule has 1 aliphatic carbocycles. The Labute approximate surface area is 260 Å². The molecule has 0 spiro atoms. The van der Waals surface area contributed by atoms with Crippen LogP contribution in [-0.4, -0.2) is 69.5 Å². The third-order valence-corrected chi connectivity index (χ3v) is 7.82. The summed E-state index contributed by atoms with van der Waals surface area (Å²) in [5.74, 6) is 1.47. The molecule has 0 radical (unpaired) electrons. The molecule has 13 nitrogen and oxygen atoms in total. The fourth-order valence-electron chi connectivity index (χ4n) is 5.31. The van der Waals surface area contributed by atoms with E-state index in [4.69, 9.17) is 14.2 Å². The number of ether oxygens (including phenoxy) is 3. The minimum absolute atomic E-state index is 0.0988. The fraction of sp³-hybridized carbons (Fsp3) is 0.344. The van der Waals surface area contributed by atoms with Crippen LogP contribution in [0.1, 0.15) is 36.8 Å². The molecule has 230 valence electrons. The van der Waals surface area contributed by atoms with Crippen LogP contribution >= 0.6 is 0 Å². The third-order valence-electron chi connectivity index (χ3n) is 7.82. The highest BCUT2D eigenvalue weighted by Gasteiger charge is 2.32. The van der Waals surface area contributed by atoms with Crippen molar-refractivity contribution in [1.29, 1.82) is 5.26 Å². The van der Waals surface area contributed by atoms with Gasteiger partial charge in [0.25, 0.3) is 0 Å². The Bertz CT molecular complexity index is 1620. The lowest BCUT2D eigenvalue weighted by Crippen LogP contribution is -2.45. The Morgan fingerprint density at radius 3 is 2.33 bits per heavy atom. The molecule has 45 heavy (non-hydrogen) atoms. The number of pyridine rings is 1. The summed E-state index contributed by atoms with van der Waals surface area (Å²) in [5.41, 5.74) is 2.89. The lowest BCUT2D eigenvalue weighted by Gasteiger charge is -2.36. The molecule has 2 aliphatic rings. The van der Waals surface area contributed by atoms with Crippen LogP contribution in [0.2, 0.25) is 0 Å². The number of hydrogen-bond acceptors (Lipinski definition) is 12. The van der Waals surface area contributed by atoms with E-state index < -0.39 is 6.09 Å². The lowest BCUT2D eigenvalue weighted by molar-refractivity contribution is 0.0209. The number of anilines is 3. The van der Waals surface area contributed by atoms with Gasteiger partial charge in [-0.3, -0.25) is 4.90 Å². The summed E-state index contributed by atoms with van der Waals surface area (Å²) in [6.45, 7) is 1.33. The van der Waals surface area contributed by atoms with Crippen LogP contribution < -0.4 is 20.3 Å². The molecule has 2 fully saturated rings. The molecule has 6 rings (SSSR count). The van der Waals surface area contributed by atoms with Crippen molar-refractivity contribution in [2.45, 2.75) is 50.4 Å². The molecule has 0 bridgehead atoms. The zero-order valence-electron chi connectivity index (χ0n) is 24.8. The molecule has 1 saturated heterocycles. The molecule has 0 atom stereocenters. The molecule has 4 heterocycles. The van der Waals surface area contributed by atoms with Crippen molar-refractivity contribution in [3.63, 3.8) is 0 Å². The van der Waals surface area contributed by atoms with Gasteiger partial charge >= 0.3 is 12.1 Å². The molecule has 1 saturated carbocycles. The lowest BCUT2D eigenvalue weighted by atomic mass is 9.90. The van der Waals surface area contributed by atoms with Crippen molar-refractivity contribution < 1.29 is 19.0 Å². The zero-order valence-corrected chi connectivity index (χ0v) is 24.8. The molecule has 0 unspecified atom stereocenters. The van der Waals surface area contributed by atoms with E-state index in [0.717, 1.165) is 29.5 Å². The van der Waals surface area contributed by atoms with E-state index in [1.807, 2.05) is 42.5 Å². The highest BCUT2D eigenvalue weighted by Crippen LogP contribution is 2.30. The number of nitriles is 1. The van der Waals surface area contributed by atoms with Gasteiger partial charge in [0, 0.05) is 41.8 Å². The average molecular weight is 608 g/mol. The molecule has 13 heteroatoms. The van der Waals surface area contributed by atoms with Crippen LogP contribution in [0.5, 0.6) is 6.01 Å². The van der Waals surface area contributed by atoms with Gasteiger partial charge in [-0.2, -0.15) is 10.2 Å². The SMILES string of the molecule is COc1ncc(-c2ccc(N(C(=O)OCc3ccccc3)C3CCC(Nc4ncc(C#N)c(NC5COC5)n4)CC3)nc2)cn1. The average Bonchev–Trinajstić information content (AvgIpc) is 3.07. The molecular formula is C32H33N9O4. The molecule has 3 aromatic heterocycles. The largest absolute Gasteiger partial charge is 0.467 e. The summed E-state index contributed by atoms with van der Waals surface area (Å²) in [5, 5.41) is 16.1. The number of nitrogens with zero attached hydrogens (tertiary/aromatic N) is 7. The molecule has 4 aromatic rings. The number of carbonyl (C=O) groups excluding carboxylic acids is 1. The van der Waals surface area contributed by atoms with Crippen LogP contribution in [0, 0.1) is 11.3 Å². The predicted octanol–water partition coefficient (Wildman–Crippen LogP) is 4.59. The van der Waals surface area contributed by atoms with Crippen molar-refractivity contribution >= 4 is 23.7 Å². The van der Waals surface area contributed by atoms with E-state index in [1.54, 1.807) is 23.5 Å². The topological polar surface area (TPSA) is 160 Å². The summed E-state index contributed by atoms with van der Waals surface area (Å²) < 4.78 is 16.1. The Hall–Kier alpha value is -5.35. The van der Waals surface area contributed by atoms with Gasteiger partial charge < -0.3 is 24.8 Å². The van der Waals surface area contributed by atoms with Crippen molar-refractivity contribution in [3.05, 3.63) is 78.4 Å². The van der Waals surface area contributed by atoms with E-state index in [0.29, 0.717) is 49.2 Å².